The number of aliphatic hydroxyl groups is 1. The molecule has 2 N–H and O–H groups in total. The van der Waals surface area contributed by atoms with Crippen molar-refractivity contribution < 1.29 is 9.90 Å². The fraction of sp³-hybridized carbons (Fsp3) is 0.889. The van der Waals surface area contributed by atoms with E-state index in [2.05, 4.69) is 10.2 Å². The van der Waals surface area contributed by atoms with Gasteiger partial charge < -0.3 is 15.3 Å². The number of nitrogens with one attached hydrogen (secondary N) is 1. The van der Waals surface area contributed by atoms with E-state index in [1.165, 1.54) is 0 Å². The van der Waals surface area contributed by atoms with E-state index in [9.17, 15) is 4.79 Å². The molecule has 2 saturated heterocycles. The monoisotopic (exact) mass is 184 g/mol. The lowest BCUT2D eigenvalue weighted by molar-refractivity contribution is -0.119. The Morgan fingerprint density at radius 1 is 1.62 bits per heavy atom. The minimum Gasteiger partial charge on any atom is -0.395 e. The van der Waals surface area contributed by atoms with E-state index >= 15 is 0 Å². The minimum atomic E-state index is 0.186. The maximum absolute atomic E-state index is 11.1. The van der Waals surface area contributed by atoms with Gasteiger partial charge in [-0.1, -0.05) is 0 Å². The van der Waals surface area contributed by atoms with Gasteiger partial charge in [0.25, 0.3) is 0 Å². The maximum Gasteiger partial charge on any atom is 0.220 e. The van der Waals surface area contributed by atoms with Crippen molar-refractivity contribution in [2.24, 2.45) is 5.41 Å². The van der Waals surface area contributed by atoms with Crippen LogP contribution in [0.25, 0.3) is 0 Å². The molecule has 1 unspecified atom stereocenters. The molecule has 0 aliphatic carbocycles. The summed E-state index contributed by atoms with van der Waals surface area (Å²) in [6, 6.07) is 0. The highest BCUT2D eigenvalue weighted by Crippen LogP contribution is 2.36. The summed E-state index contributed by atoms with van der Waals surface area (Å²) >= 11 is 0. The van der Waals surface area contributed by atoms with Crippen molar-refractivity contribution in [1.82, 2.24) is 10.2 Å². The van der Waals surface area contributed by atoms with E-state index in [0.29, 0.717) is 6.42 Å². The Morgan fingerprint density at radius 2 is 2.46 bits per heavy atom. The first-order valence-electron chi connectivity index (χ1n) is 4.84. The van der Waals surface area contributed by atoms with Gasteiger partial charge in [0.2, 0.25) is 5.91 Å². The predicted octanol–water partition coefficient (Wildman–Crippen LogP) is -0.809. The Hall–Kier alpha value is -0.610. The molecule has 0 aromatic rings. The molecule has 0 aromatic heterocycles. The first kappa shape index (κ1) is 8.97. The normalized spacial score (nSPS) is 34.4. The molecule has 2 fully saturated rings. The van der Waals surface area contributed by atoms with Crippen LogP contribution in [0.4, 0.5) is 0 Å². The zero-order valence-corrected chi connectivity index (χ0v) is 7.75. The molecular weight excluding hydrogens is 168 g/mol. The lowest BCUT2D eigenvalue weighted by Gasteiger charge is -2.21. The van der Waals surface area contributed by atoms with E-state index in [4.69, 9.17) is 5.11 Å². The molecule has 0 saturated carbocycles. The summed E-state index contributed by atoms with van der Waals surface area (Å²) in [5, 5.41) is 11.7. The molecule has 1 spiro atoms. The number of hydrogen-bond donors (Lipinski definition) is 2. The number of amides is 1. The van der Waals surface area contributed by atoms with Gasteiger partial charge >= 0.3 is 0 Å². The van der Waals surface area contributed by atoms with Crippen LogP contribution < -0.4 is 5.32 Å². The van der Waals surface area contributed by atoms with Gasteiger partial charge in [-0.05, 0) is 13.0 Å². The second-order valence-corrected chi connectivity index (χ2v) is 4.20. The quantitative estimate of drug-likeness (QED) is 0.590. The van der Waals surface area contributed by atoms with Gasteiger partial charge in [0.15, 0.2) is 0 Å². The summed E-state index contributed by atoms with van der Waals surface area (Å²) in [7, 11) is 0. The molecule has 0 bridgehead atoms. The fourth-order valence-corrected chi connectivity index (χ4v) is 2.40. The Balaban J connectivity index is 1.93. The van der Waals surface area contributed by atoms with E-state index in [1.807, 2.05) is 0 Å². The highest BCUT2D eigenvalue weighted by atomic mass is 16.3. The maximum atomic E-state index is 11.1. The zero-order valence-electron chi connectivity index (χ0n) is 7.75. The van der Waals surface area contributed by atoms with Crippen molar-refractivity contribution in [3.8, 4) is 0 Å². The lowest BCUT2D eigenvalue weighted by Crippen LogP contribution is -2.30. The summed E-state index contributed by atoms with van der Waals surface area (Å²) in [6.07, 6.45) is 1.76. The Morgan fingerprint density at radius 3 is 3.08 bits per heavy atom. The standard InChI is InChI=1S/C9H16N2O2/c12-4-3-11-2-1-9(7-11)5-8(13)10-6-9/h12H,1-7H2,(H,10,13). The number of carbonyl (C=O) groups is 1. The van der Waals surface area contributed by atoms with Crippen LogP contribution in [0.15, 0.2) is 0 Å². The van der Waals surface area contributed by atoms with Crippen molar-refractivity contribution >= 4 is 5.91 Å². The number of nitrogens with zero attached hydrogens (tertiary/aromatic N) is 1. The summed E-state index contributed by atoms with van der Waals surface area (Å²) in [5.74, 6) is 0.186. The van der Waals surface area contributed by atoms with Gasteiger partial charge in [0.05, 0.1) is 6.61 Å². The van der Waals surface area contributed by atoms with Gasteiger partial charge in [-0.2, -0.15) is 0 Å². The Bertz CT molecular complexity index is 220. The summed E-state index contributed by atoms with van der Waals surface area (Å²) < 4.78 is 0. The molecule has 4 heteroatoms. The fourth-order valence-electron chi connectivity index (χ4n) is 2.40. The molecule has 4 nitrogen and oxygen atoms in total. The average Bonchev–Trinajstić information content (AvgIpc) is 2.62. The molecule has 1 atom stereocenters. The molecule has 74 valence electrons. The predicted molar refractivity (Wildman–Crippen MR) is 48.2 cm³/mol. The SMILES string of the molecule is O=C1CC2(CCN(CCO)C2)CN1. The third-order valence-corrected chi connectivity index (χ3v) is 3.13. The number of likely N-dealkylation sites (tertiary alicyclic amines) is 1. The van der Waals surface area contributed by atoms with Crippen LogP contribution in [-0.2, 0) is 4.79 Å². The first-order chi connectivity index (χ1) is 6.24. The number of rotatable bonds is 2. The summed E-state index contributed by atoms with van der Waals surface area (Å²) in [6.45, 7) is 3.78. The summed E-state index contributed by atoms with van der Waals surface area (Å²) in [4.78, 5) is 13.3. The van der Waals surface area contributed by atoms with Crippen LogP contribution in [0, 0.1) is 5.41 Å². The van der Waals surface area contributed by atoms with Gasteiger partial charge in [0, 0.05) is 31.5 Å². The highest BCUT2D eigenvalue weighted by molar-refractivity contribution is 5.79. The average molecular weight is 184 g/mol. The van der Waals surface area contributed by atoms with Crippen molar-refractivity contribution in [3.05, 3.63) is 0 Å². The Kier molecular flexibility index (Phi) is 2.26. The van der Waals surface area contributed by atoms with Crippen LogP contribution in [0.3, 0.4) is 0 Å². The van der Waals surface area contributed by atoms with Crippen LogP contribution in [0.1, 0.15) is 12.8 Å². The molecule has 2 rings (SSSR count). The van der Waals surface area contributed by atoms with Crippen LogP contribution in [0.5, 0.6) is 0 Å². The van der Waals surface area contributed by atoms with Gasteiger partial charge in [-0.3, -0.25) is 4.79 Å². The largest absolute Gasteiger partial charge is 0.395 e. The molecule has 2 heterocycles. The van der Waals surface area contributed by atoms with Crippen molar-refractivity contribution in [3.63, 3.8) is 0 Å². The second-order valence-electron chi connectivity index (χ2n) is 4.20. The number of aliphatic hydroxyl groups excluding tert-OH is 1. The smallest absolute Gasteiger partial charge is 0.220 e. The molecule has 0 aromatic carbocycles. The molecule has 13 heavy (non-hydrogen) atoms. The topological polar surface area (TPSA) is 52.6 Å². The molecular formula is C9H16N2O2. The van der Waals surface area contributed by atoms with Crippen molar-refractivity contribution in [2.45, 2.75) is 12.8 Å². The molecule has 1 amide bonds. The lowest BCUT2D eigenvalue weighted by atomic mass is 9.86. The Labute approximate surface area is 77.9 Å². The van der Waals surface area contributed by atoms with Crippen molar-refractivity contribution in [1.29, 1.82) is 0 Å². The first-order valence-corrected chi connectivity index (χ1v) is 4.84. The number of β-amino-alcohol motifs (C(OH)–C–C–N with tert-alkyl or cyclic N) is 1. The van der Waals surface area contributed by atoms with E-state index in [0.717, 1.165) is 32.6 Å². The van der Waals surface area contributed by atoms with E-state index in [-0.39, 0.29) is 17.9 Å². The molecule has 2 aliphatic heterocycles. The van der Waals surface area contributed by atoms with Crippen LogP contribution in [0.2, 0.25) is 0 Å². The van der Waals surface area contributed by atoms with E-state index < -0.39 is 0 Å². The van der Waals surface area contributed by atoms with Crippen molar-refractivity contribution in [2.75, 3.05) is 32.8 Å². The van der Waals surface area contributed by atoms with Gasteiger partial charge in [-0.15, -0.1) is 0 Å². The number of hydrogen-bond acceptors (Lipinski definition) is 3. The highest BCUT2D eigenvalue weighted by Gasteiger charge is 2.43. The van der Waals surface area contributed by atoms with Crippen LogP contribution in [-0.4, -0.2) is 48.7 Å². The van der Waals surface area contributed by atoms with Crippen LogP contribution >= 0.6 is 0 Å². The zero-order chi connectivity index (χ0) is 9.31. The van der Waals surface area contributed by atoms with Gasteiger partial charge in [0.1, 0.15) is 0 Å². The number of carbonyl (C=O) groups excluding carboxylic acids is 1. The third kappa shape index (κ3) is 1.69. The molecule has 0 radical (unpaired) electrons. The minimum absolute atomic E-state index is 0.186. The van der Waals surface area contributed by atoms with Gasteiger partial charge in [-0.25, -0.2) is 0 Å². The molecule has 2 aliphatic rings. The van der Waals surface area contributed by atoms with E-state index in [1.54, 1.807) is 0 Å². The second kappa shape index (κ2) is 3.27. The summed E-state index contributed by atoms with van der Waals surface area (Å²) in [5.41, 5.74) is 0.187. The third-order valence-electron chi connectivity index (χ3n) is 3.13.